The molecule has 3 rings (SSSR count). The summed E-state index contributed by atoms with van der Waals surface area (Å²) in [6.07, 6.45) is 4.00. The summed E-state index contributed by atoms with van der Waals surface area (Å²) in [5.41, 5.74) is 2.71. The molecule has 128 valence electrons. The lowest BCUT2D eigenvalue weighted by Crippen LogP contribution is -2.23. The Morgan fingerprint density at radius 1 is 1.24 bits per heavy atom. The molecule has 0 bridgehead atoms. The average molecular weight is 337 g/mol. The number of rotatable bonds is 6. The molecule has 6 heteroatoms. The minimum absolute atomic E-state index is 0.00413. The number of aryl methyl sites for hydroxylation is 2. The van der Waals surface area contributed by atoms with Crippen molar-refractivity contribution in [3.05, 3.63) is 65.6 Å². The van der Waals surface area contributed by atoms with E-state index in [1.54, 1.807) is 12.1 Å². The predicted molar refractivity (Wildman–Crippen MR) is 94.3 cm³/mol. The van der Waals surface area contributed by atoms with Gasteiger partial charge in [-0.15, -0.1) is 0 Å². The molecule has 2 aromatic heterocycles. The van der Waals surface area contributed by atoms with Gasteiger partial charge in [-0.25, -0.2) is 9.78 Å². The molecule has 0 saturated heterocycles. The van der Waals surface area contributed by atoms with Crippen LogP contribution in [0.25, 0.3) is 10.9 Å². The van der Waals surface area contributed by atoms with Crippen molar-refractivity contribution in [3.8, 4) is 0 Å². The summed E-state index contributed by atoms with van der Waals surface area (Å²) in [6.45, 7) is 0.443. The fourth-order valence-electron chi connectivity index (χ4n) is 2.79. The van der Waals surface area contributed by atoms with Crippen LogP contribution in [0, 0.1) is 0 Å². The molecule has 0 saturated carbocycles. The molecule has 1 aromatic carbocycles. The van der Waals surface area contributed by atoms with E-state index >= 15 is 0 Å². The first-order valence-electron chi connectivity index (χ1n) is 8.02. The van der Waals surface area contributed by atoms with Crippen molar-refractivity contribution in [3.63, 3.8) is 0 Å². The van der Waals surface area contributed by atoms with Gasteiger partial charge >= 0.3 is 5.97 Å². The summed E-state index contributed by atoms with van der Waals surface area (Å²) in [6, 6.07) is 11.5. The van der Waals surface area contributed by atoms with E-state index in [0.717, 1.165) is 16.5 Å². The Balaban J connectivity index is 1.57. The van der Waals surface area contributed by atoms with Crippen molar-refractivity contribution in [2.24, 2.45) is 7.05 Å². The molecular formula is C19H19N3O3. The largest absolute Gasteiger partial charge is 0.477 e. The molecule has 0 fully saturated rings. The van der Waals surface area contributed by atoms with Gasteiger partial charge in [-0.3, -0.25) is 4.79 Å². The Kier molecular flexibility index (Phi) is 4.79. The fourth-order valence-corrected chi connectivity index (χ4v) is 2.79. The zero-order chi connectivity index (χ0) is 17.8. The van der Waals surface area contributed by atoms with Crippen LogP contribution in [-0.2, 0) is 24.8 Å². The smallest absolute Gasteiger partial charge is 0.354 e. The molecule has 0 radical (unpaired) electrons. The number of amides is 1. The van der Waals surface area contributed by atoms with E-state index in [-0.39, 0.29) is 18.0 Å². The lowest BCUT2D eigenvalue weighted by Gasteiger charge is -2.07. The van der Waals surface area contributed by atoms with Crippen molar-refractivity contribution in [2.45, 2.75) is 19.4 Å². The van der Waals surface area contributed by atoms with Gasteiger partial charge in [0.1, 0.15) is 0 Å². The monoisotopic (exact) mass is 337 g/mol. The number of pyridine rings is 1. The number of nitrogens with zero attached hydrogens (tertiary/aromatic N) is 2. The van der Waals surface area contributed by atoms with Gasteiger partial charge in [0.15, 0.2) is 5.69 Å². The van der Waals surface area contributed by atoms with Crippen LogP contribution < -0.4 is 5.32 Å². The first kappa shape index (κ1) is 16.7. The van der Waals surface area contributed by atoms with Gasteiger partial charge in [-0.1, -0.05) is 18.2 Å². The first-order valence-corrected chi connectivity index (χ1v) is 8.02. The first-order chi connectivity index (χ1) is 12.0. The van der Waals surface area contributed by atoms with Crippen molar-refractivity contribution < 1.29 is 14.7 Å². The number of hydrogen-bond acceptors (Lipinski definition) is 3. The molecule has 0 spiro atoms. The molecule has 1 amide bonds. The number of aromatic carboxylic acids is 1. The second kappa shape index (κ2) is 7.17. The van der Waals surface area contributed by atoms with Gasteiger partial charge in [0.05, 0.1) is 0 Å². The van der Waals surface area contributed by atoms with E-state index in [9.17, 15) is 9.59 Å². The quantitative estimate of drug-likeness (QED) is 0.724. The summed E-state index contributed by atoms with van der Waals surface area (Å²) >= 11 is 0. The van der Waals surface area contributed by atoms with Crippen molar-refractivity contribution in [1.29, 1.82) is 0 Å². The minimum Gasteiger partial charge on any atom is -0.477 e. The summed E-state index contributed by atoms with van der Waals surface area (Å²) in [5, 5.41) is 13.1. The highest BCUT2D eigenvalue weighted by molar-refractivity contribution is 5.87. The van der Waals surface area contributed by atoms with E-state index in [1.807, 2.05) is 36.0 Å². The molecule has 0 aliphatic carbocycles. The van der Waals surface area contributed by atoms with Crippen LogP contribution in [0.3, 0.4) is 0 Å². The lowest BCUT2D eigenvalue weighted by atomic mass is 10.1. The van der Waals surface area contributed by atoms with E-state index in [4.69, 9.17) is 5.11 Å². The summed E-state index contributed by atoms with van der Waals surface area (Å²) in [5.74, 6) is -1.20. The van der Waals surface area contributed by atoms with Gasteiger partial charge in [-0.05, 0) is 41.1 Å². The Bertz CT molecular complexity index is 931. The number of carbonyl (C=O) groups excluding carboxylic acids is 1. The van der Waals surface area contributed by atoms with Crippen LogP contribution in [0.15, 0.2) is 48.8 Å². The van der Waals surface area contributed by atoms with Crippen LogP contribution in [0.4, 0.5) is 0 Å². The van der Waals surface area contributed by atoms with Gasteiger partial charge < -0.3 is 15.0 Å². The highest BCUT2D eigenvalue weighted by atomic mass is 16.4. The Hall–Kier alpha value is -3.15. The van der Waals surface area contributed by atoms with E-state index in [0.29, 0.717) is 18.5 Å². The van der Waals surface area contributed by atoms with Crippen LogP contribution in [0.5, 0.6) is 0 Å². The maximum absolute atomic E-state index is 12.1. The molecule has 0 unspecified atom stereocenters. The van der Waals surface area contributed by atoms with Crippen LogP contribution in [-0.4, -0.2) is 26.5 Å². The third kappa shape index (κ3) is 3.85. The van der Waals surface area contributed by atoms with Gasteiger partial charge in [0, 0.05) is 37.9 Å². The molecule has 3 aromatic rings. The Labute approximate surface area is 145 Å². The maximum Gasteiger partial charge on any atom is 0.354 e. The zero-order valence-corrected chi connectivity index (χ0v) is 13.9. The SMILES string of the molecule is Cn1ccc2ccc(CNC(=O)CCc3cccnc3C(=O)O)cc21. The number of aromatic nitrogens is 2. The number of carboxylic acid groups (broad SMARTS) is 1. The number of carboxylic acids is 1. The third-order valence-corrected chi connectivity index (χ3v) is 4.16. The standard InChI is InChI=1S/C19H19N3O3/c1-22-10-8-14-5-4-13(11-16(14)22)12-21-17(23)7-6-15-3-2-9-20-18(15)19(24)25/h2-5,8-11H,6-7,12H2,1H3,(H,21,23)(H,24,25). The number of nitrogens with one attached hydrogen (secondary N) is 1. The molecular weight excluding hydrogens is 318 g/mol. The lowest BCUT2D eigenvalue weighted by molar-refractivity contribution is -0.121. The number of fused-ring (bicyclic) bond motifs is 1. The number of carbonyl (C=O) groups is 2. The van der Waals surface area contributed by atoms with Gasteiger partial charge in [0.2, 0.25) is 5.91 Å². The highest BCUT2D eigenvalue weighted by Crippen LogP contribution is 2.16. The van der Waals surface area contributed by atoms with Crippen molar-refractivity contribution in [2.75, 3.05) is 0 Å². The fraction of sp³-hybridized carbons (Fsp3) is 0.211. The molecule has 2 heterocycles. The Morgan fingerprint density at radius 3 is 2.88 bits per heavy atom. The zero-order valence-electron chi connectivity index (χ0n) is 13.9. The number of hydrogen-bond donors (Lipinski definition) is 2. The van der Waals surface area contributed by atoms with Crippen LogP contribution >= 0.6 is 0 Å². The van der Waals surface area contributed by atoms with E-state index < -0.39 is 5.97 Å². The van der Waals surface area contributed by atoms with Gasteiger partial charge in [-0.2, -0.15) is 0 Å². The van der Waals surface area contributed by atoms with E-state index in [2.05, 4.69) is 16.4 Å². The summed E-state index contributed by atoms with van der Waals surface area (Å²) < 4.78 is 2.04. The second-order valence-corrected chi connectivity index (χ2v) is 5.91. The molecule has 25 heavy (non-hydrogen) atoms. The van der Waals surface area contributed by atoms with Gasteiger partial charge in [0.25, 0.3) is 0 Å². The van der Waals surface area contributed by atoms with Crippen molar-refractivity contribution in [1.82, 2.24) is 14.9 Å². The average Bonchev–Trinajstić information content (AvgIpc) is 2.99. The molecule has 2 N–H and O–H groups in total. The molecule has 6 nitrogen and oxygen atoms in total. The minimum atomic E-state index is -1.08. The van der Waals surface area contributed by atoms with E-state index in [1.165, 1.54) is 6.20 Å². The predicted octanol–water partition coefficient (Wildman–Crippen LogP) is 2.52. The maximum atomic E-state index is 12.1. The van der Waals surface area contributed by atoms with Crippen LogP contribution in [0.1, 0.15) is 28.0 Å². The molecule has 0 atom stereocenters. The highest BCUT2D eigenvalue weighted by Gasteiger charge is 2.12. The normalized spacial score (nSPS) is 10.8. The summed E-state index contributed by atoms with van der Waals surface area (Å²) in [7, 11) is 1.98. The third-order valence-electron chi connectivity index (χ3n) is 4.16. The topological polar surface area (TPSA) is 84.2 Å². The summed E-state index contributed by atoms with van der Waals surface area (Å²) in [4.78, 5) is 27.0. The number of benzene rings is 1. The molecule has 0 aliphatic heterocycles. The van der Waals surface area contributed by atoms with Crippen LogP contribution in [0.2, 0.25) is 0 Å². The molecule has 0 aliphatic rings. The Morgan fingerprint density at radius 2 is 2.08 bits per heavy atom. The second-order valence-electron chi connectivity index (χ2n) is 5.91. The van der Waals surface area contributed by atoms with Crippen molar-refractivity contribution >= 4 is 22.8 Å².